The summed E-state index contributed by atoms with van der Waals surface area (Å²) in [6.07, 6.45) is -6.00. The topological polar surface area (TPSA) is 69.4 Å². The van der Waals surface area contributed by atoms with Gasteiger partial charge in [-0.2, -0.15) is 13.2 Å². The Morgan fingerprint density at radius 3 is 2.50 bits per heavy atom. The smallest absolute Gasteiger partial charge is 0.389 e. The van der Waals surface area contributed by atoms with Crippen molar-refractivity contribution in [1.82, 2.24) is 0 Å². The Kier molecular flexibility index (Phi) is 5.27. The molecule has 0 aliphatic heterocycles. The van der Waals surface area contributed by atoms with Gasteiger partial charge in [-0.1, -0.05) is 0 Å². The number of benzene rings is 1. The fraction of sp³-hybridized carbons (Fsp3) is 0.500. The highest BCUT2D eigenvalue weighted by atomic mass is 32.2. The molecule has 1 aromatic carbocycles. The fourth-order valence-electron chi connectivity index (χ4n) is 1.61. The summed E-state index contributed by atoms with van der Waals surface area (Å²) < 4.78 is 65.3. The monoisotopic (exact) mass is 311 g/mol. The van der Waals surface area contributed by atoms with Gasteiger partial charge in [-0.3, -0.25) is 0 Å². The molecule has 2 N–H and O–H groups in total. The Morgan fingerprint density at radius 1 is 1.30 bits per heavy atom. The van der Waals surface area contributed by atoms with Crippen LogP contribution in [0.15, 0.2) is 23.1 Å². The Morgan fingerprint density at radius 2 is 1.95 bits per heavy atom. The van der Waals surface area contributed by atoms with E-state index < -0.39 is 34.6 Å². The molecule has 0 saturated heterocycles. The normalized spacial score (nSPS) is 12.4. The molecule has 0 fully saturated rings. The number of nitrogen functional groups attached to an aromatic ring is 1. The summed E-state index contributed by atoms with van der Waals surface area (Å²) in [4.78, 5) is -0.189. The number of ether oxygens (including phenoxy) is 1. The van der Waals surface area contributed by atoms with E-state index in [-0.39, 0.29) is 10.6 Å². The molecule has 0 heterocycles. The van der Waals surface area contributed by atoms with Crippen LogP contribution in [0.4, 0.5) is 18.9 Å². The lowest BCUT2D eigenvalue weighted by atomic mass is 10.3. The summed E-state index contributed by atoms with van der Waals surface area (Å²) in [6, 6.07) is 4.11. The number of hydrogen-bond acceptors (Lipinski definition) is 4. The Balaban J connectivity index is 2.89. The van der Waals surface area contributed by atoms with E-state index in [1.165, 1.54) is 18.2 Å². The minimum absolute atomic E-state index is 0.000428. The van der Waals surface area contributed by atoms with Crippen LogP contribution in [0, 0.1) is 0 Å². The van der Waals surface area contributed by atoms with E-state index >= 15 is 0 Å². The molecule has 0 saturated carbocycles. The number of anilines is 1. The Labute approximate surface area is 115 Å². The van der Waals surface area contributed by atoms with Gasteiger partial charge in [-0.15, -0.1) is 0 Å². The molecular weight excluding hydrogens is 295 g/mol. The van der Waals surface area contributed by atoms with E-state index in [9.17, 15) is 21.6 Å². The van der Waals surface area contributed by atoms with E-state index in [4.69, 9.17) is 10.5 Å². The van der Waals surface area contributed by atoms with Gasteiger partial charge in [0.2, 0.25) is 0 Å². The quantitative estimate of drug-likeness (QED) is 0.820. The molecule has 8 heteroatoms. The standard InChI is InChI=1S/C12H16F3NO3S/c1-2-19-9-4-5-10(16)11(8-9)20(17,18)7-3-6-12(13,14)15/h4-5,8H,2-3,6-7,16H2,1H3. The van der Waals surface area contributed by atoms with Gasteiger partial charge in [-0.25, -0.2) is 8.42 Å². The zero-order chi connectivity index (χ0) is 15.4. The minimum atomic E-state index is -4.37. The van der Waals surface area contributed by atoms with Gasteiger partial charge in [0.15, 0.2) is 9.84 Å². The summed E-state index contributed by atoms with van der Waals surface area (Å²) in [5.74, 6) is -0.289. The van der Waals surface area contributed by atoms with Crippen LogP contribution in [0.3, 0.4) is 0 Å². The SMILES string of the molecule is CCOc1ccc(N)c(S(=O)(=O)CCCC(F)(F)F)c1. The van der Waals surface area contributed by atoms with E-state index in [1.54, 1.807) is 6.92 Å². The van der Waals surface area contributed by atoms with Gasteiger partial charge < -0.3 is 10.5 Å². The zero-order valence-corrected chi connectivity index (χ0v) is 11.7. The van der Waals surface area contributed by atoms with E-state index in [1.807, 2.05) is 0 Å². The van der Waals surface area contributed by atoms with Crippen LogP contribution in [0.1, 0.15) is 19.8 Å². The van der Waals surface area contributed by atoms with Crippen molar-refractivity contribution in [3.63, 3.8) is 0 Å². The maximum absolute atomic E-state index is 12.0. The lowest BCUT2D eigenvalue weighted by Gasteiger charge is -2.11. The molecule has 1 rings (SSSR count). The van der Waals surface area contributed by atoms with Crippen LogP contribution >= 0.6 is 0 Å². The number of sulfone groups is 1. The maximum Gasteiger partial charge on any atom is 0.389 e. The van der Waals surface area contributed by atoms with Gasteiger partial charge >= 0.3 is 6.18 Å². The van der Waals surface area contributed by atoms with Crippen LogP contribution in [0.25, 0.3) is 0 Å². The minimum Gasteiger partial charge on any atom is -0.494 e. The van der Waals surface area contributed by atoms with Crippen LogP contribution in [-0.4, -0.2) is 27.0 Å². The first-order valence-electron chi connectivity index (χ1n) is 5.97. The van der Waals surface area contributed by atoms with Crippen molar-refractivity contribution in [1.29, 1.82) is 0 Å². The second-order valence-electron chi connectivity index (χ2n) is 4.17. The number of halogens is 3. The van der Waals surface area contributed by atoms with Crippen LogP contribution in [0.5, 0.6) is 5.75 Å². The van der Waals surface area contributed by atoms with Crippen molar-refractivity contribution >= 4 is 15.5 Å². The summed E-state index contributed by atoms with van der Waals surface area (Å²) in [5.41, 5.74) is 5.57. The van der Waals surface area contributed by atoms with Crippen molar-refractivity contribution in [3.8, 4) is 5.75 Å². The largest absolute Gasteiger partial charge is 0.494 e. The molecule has 0 bridgehead atoms. The molecule has 0 radical (unpaired) electrons. The predicted molar refractivity (Wildman–Crippen MR) is 69.4 cm³/mol. The third kappa shape index (κ3) is 4.92. The van der Waals surface area contributed by atoms with Crippen molar-refractivity contribution in [2.75, 3.05) is 18.1 Å². The summed E-state index contributed by atoms with van der Waals surface area (Å²) in [5, 5.41) is 0. The van der Waals surface area contributed by atoms with Crippen molar-refractivity contribution in [3.05, 3.63) is 18.2 Å². The molecule has 20 heavy (non-hydrogen) atoms. The van der Waals surface area contributed by atoms with Crippen molar-refractivity contribution < 1.29 is 26.3 Å². The summed E-state index contributed by atoms with van der Waals surface area (Å²) in [7, 11) is -3.86. The van der Waals surface area contributed by atoms with Gasteiger partial charge in [0.05, 0.1) is 22.9 Å². The number of hydrogen-bond donors (Lipinski definition) is 1. The maximum atomic E-state index is 12.0. The van der Waals surface area contributed by atoms with Gasteiger partial charge in [0.25, 0.3) is 0 Å². The van der Waals surface area contributed by atoms with Gasteiger partial charge in [0.1, 0.15) is 5.75 Å². The molecular formula is C12H16F3NO3S. The highest BCUT2D eigenvalue weighted by Crippen LogP contribution is 2.27. The lowest BCUT2D eigenvalue weighted by molar-refractivity contribution is -0.134. The first-order chi connectivity index (χ1) is 9.15. The average molecular weight is 311 g/mol. The molecule has 1 aromatic rings. The molecule has 114 valence electrons. The number of alkyl halides is 3. The first-order valence-corrected chi connectivity index (χ1v) is 7.63. The number of rotatable bonds is 6. The van der Waals surface area contributed by atoms with E-state index in [0.717, 1.165) is 0 Å². The lowest BCUT2D eigenvalue weighted by Crippen LogP contribution is -2.14. The van der Waals surface area contributed by atoms with Crippen LogP contribution in [0.2, 0.25) is 0 Å². The highest BCUT2D eigenvalue weighted by molar-refractivity contribution is 7.91. The summed E-state index contributed by atoms with van der Waals surface area (Å²) >= 11 is 0. The molecule has 0 aromatic heterocycles. The van der Waals surface area contributed by atoms with E-state index in [0.29, 0.717) is 12.4 Å². The highest BCUT2D eigenvalue weighted by Gasteiger charge is 2.28. The third-order valence-electron chi connectivity index (χ3n) is 2.50. The predicted octanol–water partition coefficient (Wildman–Crippen LogP) is 2.78. The Hall–Kier alpha value is -1.44. The van der Waals surface area contributed by atoms with Crippen LogP contribution < -0.4 is 10.5 Å². The Bertz CT molecular complexity index is 556. The zero-order valence-electron chi connectivity index (χ0n) is 10.9. The van der Waals surface area contributed by atoms with Gasteiger partial charge in [-0.05, 0) is 25.5 Å². The first kappa shape index (κ1) is 16.6. The second-order valence-corrected chi connectivity index (χ2v) is 6.25. The molecule has 0 atom stereocenters. The molecule has 0 spiro atoms. The average Bonchev–Trinajstić information content (AvgIpc) is 2.29. The molecule has 0 aliphatic carbocycles. The third-order valence-corrected chi connectivity index (χ3v) is 4.35. The second kappa shape index (κ2) is 6.34. The molecule has 0 aliphatic rings. The van der Waals surface area contributed by atoms with Gasteiger partial charge in [0, 0.05) is 12.5 Å². The number of nitrogens with two attached hydrogens (primary N) is 1. The van der Waals surface area contributed by atoms with Crippen molar-refractivity contribution in [2.24, 2.45) is 0 Å². The van der Waals surface area contributed by atoms with Crippen LogP contribution in [-0.2, 0) is 9.84 Å². The molecule has 0 unspecified atom stereocenters. The molecule has 0 amide bonds. The summed E-state index contributed by atoms with van der Waals surface area (Å²) in [6.45, 7) is 2.07. The molecule has 4 nitrogen and oxygen atoms in total. The van der Waals surface area contributed by atoms with Crippen molar-refractivity contribution in [2.45, 2.75) is 30.8 Å². The van der Waals surface area contributed by atoms with E-state index in [2.05, 4.69) is 0 Å². The fourth-order valence-corrected chi connectivity index (χ4v) is 3.08.